The lowest BCUT2D eigenvalue weighted by Crippen LogP contribution is -2.07. The highest BCUT2D eigenvalue weighted by Crippen LogP contribution is 2.43. The van der Waals surface area contributed by atoms with E-state index in [0.717, 1.165) is 63.8 Å². The van der Waals surface area contributed by atoms with Gasteiger partial charge in [0.2, 0.25) is 0 Å². The van der Waals surface area contributed by atoms with E-state index in [2.05, 4.69) is 41.8 Å². The summed E-state index contributed by atoms with van der Waals surface area (Å²) in [6, 6.07) is 18.5. The molecule has 2 aliphatic rings. The van der Waals surface area contributed by atoms with Crippen molar-refractivity contribution in [1.29, 1.82) is 0 Å². The molecule has 4 aromatic rings. The zero-order chi connectivity index (χ0) is 24.8. The summed E-state index contributed by atoms with van der Waals surface area (Å²) in [6.07, 6.45) is 1.70. The number of ether oxygens (including phenoxy) is 3. The van der Waals surface area contributed by atoms with Crippen LogP contribution in [0.5, 0.6) is 17.2 Å². The molecule has 0 bridgehead atoms. The minimum atomic E-state index is -0.800. The fraction of sp³-hybridized carbons (Fsp3) is 0.310. The van der Waals surface area contributed by atoms with Gasteiger partial charge in [-0.3, -0.25) is 9.36 Å². The van der Waals surface area contributed by atoms with Crippen LogP contribution >= 0.6 is 0 Å². The second kappa shape index (κ2) is 8.90. The summed E-state index contributed by atoms with van der Waals surface area (Å²) in [4.78, 5) is 16.0. The van der Waals surface area contributed by atoms with Crippen molar-refractivity contribution in [3.05, 3.63) is 77.1 Å². The number of fused-ring (bicyclic) bond motifs is 3. The topological polar surface area (TPSA) is 82.8 Å². The third-order valence-electron chi connectivity index (χ3n) is 7.24. The molecule has 0 saturated heterocycles. The molecule has 0 fully saturated rings. The molecule has 3 heterocycles. The molecule has 2 aliphatic heterocycles. The van der Waals surface area contributed by atoms with Crippen molar-refractivity contribution in [3.63, 3.8) is 0 Å². The fourth-order valence-electron chi connectivity index (χ4n) is 5.49. The van der Waals surface area contributed by atoms with Crippen LogP contribution in [-0.4, -0.2) is 41.0 Å². The number of imidazole rings is 1. The van der Waals surface area contributed by atoms with Gasteiger partial charge in [-0.05, 0) is 36.2 Å². The highest BCUT2D eigenvalue weighted by molar-refractivity contribution is 5.81. The summed E-state index contributed by atoms with van der Waals surface area (Å²) in [6.45, 7) is 3.13. The van der Waals surface area contributed by atoms with E-state index >= 15 is 0 Å². The van der Waals surface area contributed by atoms with Gasteiger partial charge in [-0.1, -0.05) is 31.2 Å². The molecule has 0 amide bonds. The first-order valence-electron chi connectivity index (χ1n) is 12.3. The lowest BCUT2D eigenvalue weighted by Gasteiger charge is -2.14. The number of aromatic nitrogens is 2. The molecule has 0 saturated carbocycles. The van der Waals surface area contributed by atoms with Gasteiger partial charge in [-0.15, -0.1) is 0 Å². The average Bonchev–Trinajstić information content (AvgIpc) is 3.58. The van der Waals surface area contributed by atoms with Crippen LogP contribution in [0, 0.1) is 0 Å². The Bertz CT molecular complexity index is 1470. The molecule has 0 spiro atoms. The smallest absolute Gasteiger partial charge is 0.304 e. The molecular formula is C29H28N2O5. The summed E-state index contributed by atoms with van der Waals surface area (Å²) < 4.78 is 19.8. The Morgan fingerprint density at radius 2 is 1.94 bits per heavy atom. The summed E-state index contributed by atoms with van der Waals surface area (Å²) in [5.74, 6) is 2.81. The van der Waals surface area contributed by atoms with Crippen LogP contribution in [0.15, 0.2) is 54.6 Å². The Morgan fingerprint density at radius 1 is 1.08 bits per heavy atom. The molecule has 0 unspecified atom stereocenters. The summed E-state index contributed by atoms with van der Waals surface area (Å²) in [5.41, 5.74) is 6.25. The Balaban J connectivity index is 1.33. The number of nitrogens with zero attached hydrogens (tertiary/aromatic N) is 2. The molecule has 36 heavy (non-hydrogen) atoms. The minimum absolute atomic E-state index is 0.0824. The van der Waals surface area contributed by atoms with Gasteiger partial charge in [-0.25, -0.2) is 4.98 Å². The molecule has 7 heteroatoms. The first-order valence-corrected chi connectivity index (χ1v) is 12.3. The number of hydrogen-bond acceptors (Lipinski definition) is 5. The van der Waals surface area contributed by atoms with E-state index < -0.39 is 5.97 Å². The van der Waals surface area contributed by atoms with Gasteiger partial charge in [0.25, 0.3) is 0 Å². The van der Waals surface area contributed by atoms with E-state index in [4.69, 9.17) is 24.3 Å². The number of hydrogen-bond donors (Lipinski definition) is 1. The number of para-hydroxylation sites is 1. The van der Waals surface area contributed by atoms with E-state index in [9.17, 15) is 4.79 Å². The summed E-state index contributed by atoms with van der Waals surface area (Å²) in [7, 11) is 1.67. The first-order chi connectivity index (χ1) is 17.6. The maximum absolute atomic E-state index is 11.2. The number of aryl methyl sites for hydroxylation is 1. The van der Waals surface area contributed by atoms with Crippen molar-refractivity contribution in [1.82, 2.24) is 9.55 Å². The molecular weight excluding hydrogens is 456 g/mol. The number of carboxylic acid groups (broad SMARTS) is 1. The van der Waals surface area contributed by atoms with E-state index in [0.29, 0.717) is 13.2 Å². The first kappa shape index (κ1) is 22.5. The number of rotatable bonds is 7. The second-order valence-electron chi connectivity index (χ2n) is 9.46. The molecule has 7 nitrogen and oxygen atoms in total. The van der Waals surface area contributed by atoms with Crippen molar-refractivity contribution in [2.45, 2.75) is 38.0 Å². The molecule has 1 aromatic heterocycles. The lowest BCUT2D eigenvalue weighted by atomic mass is 9.91. The Hall–Kier alpha value is -4.00. The normalized spacial score (nSPS) is 17.9. The van der Waals surface area contributed by atoms with E-state index in [1.165, 1.54) is 5.56 Å². The second-order valence-corrected chi connectivity index (χ2v) is 9.46. The fourth-order valence-corrected chi connectivity index (χ4v) is 5.49. The van der Waals surface area contributed by atoms with E-state index in [-0.39, 0.29) is 18.3 Å². The molecule has 184 valence electrons. The van der Waals surface area contributed by atoms with Gasteiger partial charge < -0.3 is 19.3 Å². The van der Waals surface area contributed by atoms with Crippen molar-refractivity contribution in [3.8, 4) is 22.9 Å². The lowest BCUT2D eigenvalue weighted by molar-refractivity contribution is -0.137. The van der Waals surface area contributed by atoms with Crippen molar-refractivity contribution in [2.24, 2.45) is 0 Å². The van der Waals surface area contributed by atoms with Crippen LogP contribution in [0.1, 0.15) is 47.7 Å². The summed E-state index contributed by atoms with van der Waals surface area (Å²) >= 11 is 0. The van der Waals surface area contributed by atoms with Gasteiger partial charge in [0, 0.05) is 35.4 Å². The van der Waals surface area contributed by atoms with Crippen LogP contribution in [0.2, 0.25) is 0 Å². The van der Waals surface area contributed by atoms with Crippen LogP contribution in [0.25, 0.3) is 16.7 Å². The monoisotopic (exact) mass is 484 g/mol. The van der Waals surface area contributed by atoms with E-state index in [1.807, 2.05) is 24.3 Å². The number of carboxylic acids is 1. The Labute approximate surface area is 209 Å². The quantitative estimate of drug-likeness (QED) is 0.385. The molecule has 0 radical (unpaired) electrons. The van der Waals surface area contributed by atoms with Crippen LogP contribution in [0.4, 0.5) is 0 Å². The molecule has 3 aromatic carbocycles. The Kier molecular flexibility index (Phi) is 5.55. The predicted molar refractivity (Wildman–Crippen MR) is 136 cm³/mol. The van der Waals surface area contributed by atoms with Crippen LogP contribution in [-0.2, 0) is 17.6 Å². The number of methoxy groups -OCH3 is 1. The Morgan fingerprint density at radius 3 is 2.75 bits per heavy atom. The molecule has 1 N–H and O–H groups in total. The van der Waals surface area contributed by atoms with Crippen molar-refractivity contribution in [2.75, 3.05) is 20.3 Å². The number of carbonyl (C=O) groups is 1. The van der Waals surface area contributed by atoms with Crippen molar-refractivity contribution < 1.29 is 24.1 Å². The minimum Gasteiger partial charge on any atom is -0.497 e. The van der Waals surface area contributed by atoms with E-state index in [1.54, 1.807) is 7.11 Å². The SMILES string of the molecule is CCc1nc2ccc(OC)cc2n1-c1cccc2c1OC[C@H]2Cc1ccc2c(c1)OC[C@H]2CC(=O)O. The van der Waals surface area contributed by atoms with Crippen LogP contribution < -0.4 is 14.2 Å². The van der Waals surface area contributed by atoms with Crippen molar-refractivity contribution >= 4 is 17.0 Å². The molecule has 6 rings (SSSR count). The standard InChI is InChI=1S/C29H28N2O5/c1-3-27-30-23-10-8-20(34-2)14-25(23)31(27)24-6-4-5-22-18(16-36-29(22)24)11-17-7-9-21-19(13-28(32)33)15-35-26(21)12-17/h4-10,12,14,18-19H,3,11,13,15-16H2,1-2H3,(H,32,33)/t18-,19-/m1/s1. The molecule has 0 aliphatic carbocycles. The summed E-state index contributed by atoms with van der Waals surface area (Å²) in [5, 5.41) is 9.16. The van der Waals surface area contributed by atoms with Gasteiger partial charge in [0.1, 0.15) is 23.1 Å². The highest BCUT2D eigenvalue weighted by Gasteiger charge is 2.30. The zero-order valence-corrected chi connectivity index (χ0v) is 20.4. The highest BCUT2D eigenvalue weighted by atomic mass is 16.5. The molecule has 2 atom stereocenters. The predicted octanol–water partition coefficient (Wildman–Crippen LogP) is 5.27. The van der Waals surface area contributed by atoms with Gasteiger partial charge >= 0.3 is 5.97 Å². The van der Waals surface area contributed by atoms with Gasteiger partial charge in [0.15, 0.2) is 0 Å². The third kappa shape index (κ3) is 3.75. The van der Waals surface area contributed by atoms with Gasteiger partial charge in [-0.2, -0.15) is 0 Å². The zero-order valence-electron chi connectivity index (χ0n) is 20.4. The maximum Gasteiger partial charge on any atom is 0.304 e. The van der Waals surface area contributed by atoms with Crippen LogP contribution in [0.3, 0.4) is 0 Å². The number of benzene rings is 3. The number of aliphatic carboxylic acids is 1. The van der Waals surface area contributed by atoms with Gasteiger partial charge in [0.05, 0.1) is 43.5 Å². The third-order valence-corrected chi connectivity index (χ3v) is 7.24. The maximum atomic E-state index is 11.2. The largest absolute Gasteiger partial charge is 0.497 e. The average molecular weight is 485 g/mol.